The van der Waals surface area contributed by atoms with Gasteiger partial charge >= 0.3 is 0 Å². The van der Waals surface area contributed by atoms with E-state index in [0.717, 1.165) is 25.1 Å². The van der Waals surface area contributed by atoms with Gasteiger partial charge in [-0.25, -0.2) is 9.97 Å². The van der Waals surface area contributed by atoms with Gasteiger partial charge in [0.2, 0.25) is 0 Å². The van der Waals surface area contributed by atoms with Crippen molar-refractivity contribution in [1.29, 1.82) is 0 Å². The molecule has 0 bridgehead atoms. The van der Waals surface area contributed by atoms with Crippen LogP contribution in [0, 0.1) is 5.41 Å². The topological polar surface area (TPSA) is 51.8 Å². The molecule has 0 unspecified atom stereocenters. The zero-order valence-electron chi connectivity index (χ0n) is 14.2. The van der Waals surface area contributed by atoms with Crippen molar-refractivity contribution in [2.45, 2.75) is 78.6 Å². The minimum absolute atomic E-state index is 0.497. The van der Waals surface area contributed by atoms with E-state index in [9.17, 15) is 0 Å². The summed E-state index contributed by atoms with van der Waals surface area (Å²) in [5.41, 5.74) is 10.0. The highest BCUT2D eigenvalue weighted by molar-refractivity contribution is 5.28. The lowest BCUT2D eigenvalue weighted by Crippen LogP contribution is -2.22. The van der Waals surface area contributed by atoms with Gasteiger partial charge in [0.1, 0.15) is 5.82 Å². The van der Waals surface area contributed by atoms with Gasteiger partial charge in [-0.1, -0.05) is 27.7 Å². The molecule has 1 fully saturated rings. The summed E-state index contributed by atoms with van der Waals surface area (Å²) in [4.78, 5) is 9.85. The van der Waals surface area contributed by atoms with Gasteiger partial charge in [-0.05, 0) is 62.5 Å². The fourth-order valence-corrected chi connectivity index (χ4v) is 3.46. The number of rotatable bonds is 5. The summed E-state index contributed by atoms with van der Waals surface area (Å²) < 4.78 is 0. The lowest BCUT2D eigenvalue weighted by molar-refractivity contribution is 0.220. The van der Waals surface area contributed by atoms with Crippen molar-refractivity contribution < 1.29 is 0 Å². The van der Waals surface area contributed by atoms with E-state index in [1.54, 1.807) is 0 Å². The molecule has 0 aromatic carbocycles. The average molecular weight is 289 g/mol. The first kappa shape index (κ1) is 16.4. The molecule has 0 atom stereocenters. The van der Waals surface area contributed by atoms with Crippen LogP contribution < -0.4 is 5.73 Å². The molecular formula is C18H31N3. The van der Waals surface area contributed by atoms with Gasteiger partial charge in [-0.3, -0.25) is 0 Å². The van der Waals surface area contributed by atoms with Gasteiger partial charge in [0.15, 0.2) is 0 Å². The number of hydrogen-bond donors (Lipinski definition) is 1. The Morgan fingerprint density at radius 3 is 2.00 bits per heavy atom. The molecule has 3 heteroatoms. The smallest absolute Gasteiger partial charge is 0.131 e. The summed E-state index contributed by atoms with van der Waals surface area (Å²) in [5, 5.41) is 0. The van der Waals surface area contributed by atoms with Crippen molar-refractivity contribution in [1.82, 2.24) is 9.97 Å². The third kappa shape index (κ3) is 3.82. The van der Waals surface area contributed by atoms with Crippen molar-refractivity contribution in [3.8, 4) is 0 Å². The average Bonchev–Trinajstić information content (AvgIpc) is 2.47. The zero-order chi connectivity index (χ0) is 15.5. The van der Waals surface area contributed by atoms with Gasteiger partial charge < -0.3 is 5.73 Å². The molecule has 1 aromatic rings. The molecule has 0 aliphatic heterocycles. The Morgan fingerprint density at radius 1 is 1.05 bits per heavy atom. The van der Waals surface area contributed by atoms with Crippen LogP contribution in [0.3, 0.4) is 0 Å². The second kappa shape index (κ2) is 6.87. The van der Waals surface area contributed by atoms with Crippen molar-refractivity contribution in [2.75, 3.05) is 6.54 Å². The maximum atomic E-state index is 5.76. The summed E-state index contributed by atoms with van der Waals surface area (Å²) in [6.07, 6.45) is 7.91. The monoisotopic (exact) mass is 289 g/mol. The zero-order valence-corrected chi connectivity index (χ0v) is 14.2. The number of aryl methyl sites for hydroxylation is 2. The number of aromatic nitrogens is 2. The molecule has 2 rings (SSSR count). The van der Waals surface area contributed by atoms with Crippen LogP contribution in [0.4, 0.5) is 0 Å². The van der Waals surface area contributed by atoms with Crippen LogP contribution >= 0.6 is 0 Å². The van der Waals surface area contributed by atoms with E-state index in [0.29, 0.717) is 17.9 Å². The third-order valence-electron chi connectivity index (χ3n) is 4.96. The highest BCUT2D eigenvalue weighted by Gasteiger charge is 2.29. The number of hydrogen-bond acceptors (Lipinski definition) is 3. The van der Waals surface area contributed by atoms with E-state index in [1.807, 2.05) is 0 Å². The fourth-order valence-electron chi connectivity index (χ4n) is 3.46. The first-order valence-corrected chi connectivity index (χ1v) is 8.59. The largest absolute Gasteiger partial charge is 0.330 e. The van der Waals surface area contributed by atoms with Crippen molar-refractivity contribution in [3.05, 3.63) is 22.8 Å². The molecule has 3 nitrogen and oxygen atoms in total. The van der Waals surface area contributed by atoms with Crippen LogP contribution in [0.2, 0.25) is 0 Å². The van der Waals surface area contributed by atoms with Crippen molar-refractivity contribution in [3.63, 3.8) is 0 Å². The van der Waals surface area contributed by atoms with Crippen LogP contribution in [0.15, 0.2) is 0 Å². The van der Waals surface area contributed by atoms with Crippen molar-refractivity contribution >= 4 is 0 Å². The van der Waals surface area contributed by atoms with Gasteiger partial charge in [-0.2, -0.15) is 0 Å². The molecule has 1 heterocycles. The van der Waals surface area contributed by atoms with E-state index in [1.165, 1.54) is 42.6 Å². The Balaban J connectivity index is 2.28. The molecule has 1 aliphatic rings. The molecule has 1 aromatic heterocycles. The van der Waals surface area contributed by atoms with E-state index in [2.05, 4.69) is 27.7 Å². The van der Waals surface area contributed by atoms with Gasteiger partial charge in [0, 0.05) is 17.3 Å². The molecule has 0 saturated heterocycles. The SMILES string of the molecule is CCc1nc(C2CCC(C)(C)CC2)nc(CC)c1CCN. The quantitative estimate of drug-likeness (QED) is 0.897. The van der Waals surface area contributed by atoms with Crippen LogP contribution in [0.1, 0.15) is 82.1 Å². The lowest BCUT2D eigenvalue weighted by atomic mass is 9.73. The van der Waals surface area contributed by atoms with Gasteiger partial charge in [0.05, 0.1) is 0 Å². The molecule has 21 heavy (non-hydrogen) atoms. The van der Waals surface area contributed by atoms with Gasteiger partial charge in [0.25, 0.3) is 0 Å². The molecule has 0 radical (unpaired) electrons. The predicted molar refractivity (Wildman–Crippen MR) is 88.5 cm³/mol. The summed E-state index contributed by atoms with van der Waals surface area (Å²) in [6, 6.07) is 0. The van der Waals surface area contributed by atoms with E-state index < -0.39 is 0 Å². The molecule has 0 spiro atoms. The van der Waals surface area contributed by atoms with Crippen LogP contribution in [-0.4, -0.2) is 16.5 Å². The van der Waals surface area contributed by atoms with Crippen LogP contribution in [-0.2, 0) is 19.3 Å². The lowest BCUT2D eigenvalue weighted by Gasteiger charge is -2.34. The third-order valence-corrected chi connectivity index (χ3v) is 4.96. The fraction of sp³-hybridized carbons (Fsp3) is 0.778. The summed E-state index contributed by atoms with van der Waals surface area (Å²) in [6.45, 7) is 9.82. The highest BCUT2D eigenvalue weighted by atomic mass is 14.9. The summed E-state index contributed by atoms with van der Waals surface area (Å²) >= 11 is 0. The molecule has 2 N–H and O–H groups in total. The second-order valence-electron chi connectivity index (χ2n) is 7.14. The standard InChI is InChI=1S/C18H31N3/c1-5-15-14(9-12-19)16(6-2)21-17(20-15)13-7-10-18(3,4)11-8-13/h13H,5-12,19H2,1-4H3. The number of nitrogens with zero attached hydrogens (tertiary/aromatic N) is 2. The minimum Gasteiger partial charge on any atom is -0.330 e. The second-order valence-corrected chi connectivity index (χ2v) is 7.14. The molecular weight excluding hydrogens is 258 g/mol. The maximum absolute atomic E-state index is 5.76. The molecule has 0 amide bonds. The minimum atomic E-state index is 0.497. The van der Waals surface area contributed by atoms with E-state index in [4.69, 9.17) is 15.7 Å². The Hall–Kier alpha value is -0.960. The first-order chi connectivity index (χ1) is 10.0. The Labute approximate surface area is 129 Å². The normalized spacial score (nSPS) is 18.9. The van der Waals surface area contributed by atoms with Crippen LogP contribution in [0.25, 0.3) is 0 Å². The Bertz CT molecular complexity index is 444. The van der Waals surface area contributed by atoms with E-state index in [-0.39, 0.29) is 0 Å². The van der Waals surface area contributed by atoms with Gasteiger partial charge in [-0.15, -0.1) is 0 Å². The summed E-state index contributed by atoms with van der Waals surface area (Å²) in [7, 11) is 0. The Kier molecular flexibility index (Phi) is 5.37. The summed E-state index contributed by atoms with van der Waals surface area (Å²) in [5.74, 6) is 1.65. The van der Waals surface area contributed by atoms with E-state index >= 15 is 0 Å². The Morgan fingerprint density at radius 2 is 1.57 bits per heavy atom. The van der Waals surface area contributed by atoms with Crippen LogP contribution in [0.5, 0.6) is 0 Å². The predicted octanol–water partition coefficient (Wildman–Crippen LogP) is 3.79. The maximum Gasteiger partial charge on any atom is 0.131 e. The highest BCUT2D eigenvalue weighted by Crippen LogP contribution is 2.41. The molecule has 118 valence electrons. The molecule has 1 aliphatic carbocycles. The number of nitrogens with two attached hydrogens (primary N) is 1. The van der Waals surface area contributed by atoms with Crippen molar-refractivity contribution in [2.24, 2.45) is 11.1 Å². The first-order valence-electron chi connectivity index (χ1n) is 8.59. The molecule has 1 saturated carbocycles.